The van der Waals surface area contributed by atoms with Crippen LogP contribution < -0.4 is 9.47 Å². The van der Waals surface area contributed by atoms with Crippen molar-refractivity contribution in [3.63, 3.8) is 0 Å². The zero-order valence-corrected chi connectivity index (χ0v) is 23.8. The molecular weight excluding hydrogens is 548 g/mol. The van der Waals surface area contributed by atoms with Gasteiger partial charge in [0.15, 0.2) is 23.1 Å². The molecule has 0 N–H and O–H groups in total. The summed E-state index contributed by atoms with van der Waals surface area (Å²) in [7, 11) is 0. The van der Waals surface area contributed by atoms with Gasteiger partial charge in [-0.3, -0.25) is 0 Å². The largest absolute Gasteiger partial charge is 0.490 e. The highest BCUT2D eigenvalue weighted by Crippen LogP contribution is 2.38. The van der Waals surface area contributed by atoms with Crippen LogP contribution in [0.5, 0.6) is 11.5 Å². The predicted octanol–water partition coefficient (Wildman–Crippen LogP) is 9.32. The van der Waals surface area contributed by atoms with Crippen LogP contribution in [-0.4, -0.2) is 25.3 Å². The first-order chi connectivity index (χ1) is 20.3. The number of ether oxygens (including phenoxy) is 3. The molecule has 0 atom stereocenters. The average Bonchev–Trinajstić information content (AvgIpc) is 3.00. The summed E-state index contributed by atoms with van der Waals surface area (Å²) in [6.07, 6.45) is 8.32. The minimum atomic E-state index is -1.35. The molecule has 0 amide bonds. The van der Waals surface area contributed by atoms with Crippen molar-refractivity contribution in [3.05, 3.63) is 95.6 Å². The van der Waals surface area contributed by atoms with E-state index in [9.17, 15) is 13.6 Å². The van der Waals surface area contributed by atoms with Crippen molar-refractivity contribution in [1.29, 1.82) is 0 Å². The number of hydrogen-bond acceptors (Lipinski definition) is 4. The van der Waals surface area contributed by atoms with Crippen LogP contribution in [0.15, 0.2) is 61.2 Å². The van der Waals surface area contributed by atoms with Crippen molar-refractivity contribution in [2.24, 2.45) is 0 Å². The lowest BCUT2D eigenvalue weighted by atomic mass is 9.82. The van der Waals surface area contributed by atoms with Crippen LogP contribution in [0.25, 0.3) is 11.1 Å². The first-order valence-electron chi connectivity index (χ1n) is 14.5. The van der Waals surface area contributed by atoms with Crippen LogP contribution in [0, 0.1) is 23.3 Å². The van der Waals surface area contributed by atoms with Crippen LogP contribution in [0.3, 0.4) is 0 Å². The molecule has 0 heterocycles. The molecule has 0 unspecified atom stereocenters. The Morgan fingerprint density at radius 3 is 2.21 bits per heavy atom. The number of hydrogen-bond donors (Lipinski definition) is 0. The van der Waals surface area contributed by atoms with Crippen LogP contribution in [0.1, 0.15) is 80.1 Å². The van der Waals surface area contributed by atoms with Gasteiger partial charge in [-0.2, -0.15) is 8.78 Å². The summed E-state index contributed by atoms with van der Waals surface area (Å²) < 4.78 is 75.4. The summed E-state index contributed by atoms with van der Waals surface area (Å²) in [5.74, 6) is -6.31. The van der Waals surface area contributed by atoms with Crippen molar-refractivity contribution < 1.29 is 36.6 Å². The topological polar surface area (TPSA) is 44.8 Å². The van der Waals surface area contributed by atoms with Gasteiger partial charge in [0, 0.05) is 12.2 Å². The highest BCUT2D eigenvalue weighted by Gasteiger charge is 2.27. The molecule has 1 saturated carbocycles. The van der Waals surface area contributed by atoms with Crippen LogP contribution >= 0.6 is 0 Å². The van der Waals surface area contributed by atoms with Gasteiger partial charge in [-0.05, 0) is 86.3 Å². The molecule has 3 aromatic rings. The van der Waals surface area contributed by atoms with Crippen LogP contribution in [0.4, 0.5) is 17.6 Å². The Morgan fingerprint density at radius 2 is 1.52 bits per heavy atom. The van der Waals surface area contributed by atoms with Gasteiger partial charge in [-0.1, -0.05) is 43.7 Å². The van der Waals surface area contributed by atoms with Crippen LogP contribution in [0.2, 0.25) is 0 Å². The molecule has 0 aliphatic heterocycles. The maximum Gasteiger partial charge on any atom is 0.343 e. The SMILES string of the molecule is C=CCCCOc1ccc(OC(=O)c2ccc(-c3ccc(C4CCC(OCCCC)CC4)c(F)c3F)cc2)c(F)c1F. The zero-order chi connectivity index (χ0) is 30.1. The second-order valence-electron chi connectivity index (χ2n) is 10.5. The van der Waals surface area contributed by atoms with E-state index in [-0.39, 0.29) is 35.5 Å². The molecule has 3 aromatic carbocycles. The van der Waals surface area contributed by atoms with E-state index >= 15 is 8.78 Å². The zero-order valence-electron chi connectivity index (χ0n) is 23.8. The summed E-state index contributed by atoms with van der Waals surface area (Å²) in [6, 6.07) is 11.1. The number of carbonyl (C=O) groups is 1. The van der Waals surface area contributed by atoms with Gasteiger partial charge in [-0.25, -0.2) is 13.6 Å². The molecule has 0 spiro atoms. The van der Waals surface area contributed by atoms with Crippen molar-refractivity contribution in [2.75, 3.05) is 13.2 Å². The van der Waals surface area contributed by atoms with Crippen LogP contribution in [-0.2, 0) is 4.74 Å². The fourth-order valence-electron chi connectivity index (χ4n) is 5.10. The molecule has 1 fully saturated rings. The van der Waals surface area contributed by atoms with Crippen molar-refractivity contribution in [3.8, 4) is 22.6 Å². The molecule has 1 aliphatic rings. The Balaban J connectivity index is 1.39. The molecular formula is C34H36F4O4. The van der Waals surface area contributed by atoms with Gasteiger partial charge < -0.3 is 14.2 Å². The second-order valence-corrected chi connectivity index (χ2v) is 10.5. The standard InChI is InChI=1S/C34H36F4O4/c1-3-5-7-21-41-28-18-19-29(33(38)32(28)37)42-34(39)24-10-8-22(9-11-24)26-16-17-27(31(36)30(26)35)23-12-14-25(15-13-23)40-20-6-4-2/h3,8-11,16-19,23,25H,1,4-7,12-15,20-21H2,2H3. The normalized spacial score (nSPS) is 16.7. The summed E-state index contributed by atoms with van der Waals surface area (Å²) in [5, 5.41) is 0. The first-order valence-corrected chi connectivity index (χ1v) is 14.5. The minimum absolute atomic E-state index is 0.0266. The second kappa shape index (κ2) is 15.0. The molecule has 0 bridgehead atoms. The van der Waals surface area contributed by atoms with Gasteiger partial charge in [0.2, 0.25) is 11.6 Å². The maximum atomic E-state index is 15.2. The Kier molecular flexibility index (Phi) is 11.2. The molecule has 1 aliphatic carbocycles. The van der Waals surface area contributed by atoms with Gasteiger partial charge in [0.1, 0.15) is 0 Å². The third-order valence-corrected chi connectivity index (χ3v) is 7.53. The number of esters is 1. The monoisotopic (exact) mass is 584 g/mol. The number of halogens is 4. The Labute approximate surface area is 244 Å². The van der Waals surface area contributed by atoms with E-state index < -0.39 is 35.0 Å². The molecule has 224 valence electrons. The third kappa shape index (κ3) is 7.59. The summed E-state index contributed by atoms with van der Waals surface area (Å²) >= 11 is 0. The molecule has 42 heavy (non-hydrogen) atoms. The number of allylic oxidation sites excluding steroid dienone is 1. The van der Waals surface area contributed by atoms with E-state index in [0.717, 1.165) is 51.2 Å². The Hall–Kier alpha value is -3.65. The number of benzene rings is 3. The van der Waals surface area contributed by atoms with Gasteiger partial charge in [0.25, 0.3) is 0 Å². The molecule has 0 saturated heterocycles. The van der Waals surface area contributed by atoms with Gasteiger partial charge >= 0.3 is 5.97 Å². The maximum absolute atomic E-state index is 15.2. The lowest BCUT2D eigenvalue weighted by molar-refractivity contribution is 0.0230. The van der Waals surface area contributed by atoms with E-state index in [1.54, 1.807) is 18.2 Å². The minimum Gasteiger partial charge on any atom is -0.490 e. The third-order valence-electron chi connectivity index (χ3n) is 7.53. The fraction of sp³-hybridized carbons (Fsp3) is 0.382. The molecule has 4 rings (SSSR count). The Bertz CT molecular complexity index is 1360. The number of carbonyl (C=O) groups excluding carboxylic acids is 1. The van der Waals surface area contributed by atoms with E-state index in [1.807, 2.05) is 0 Å². The molecule has 8 heteroatoms. The van der Waals surface area contributed by atoms with Gasteiger partial charge in [0.05, 0.1) is 18.3 Å². The number of unbranched alkanes of at least 4 members (excludes halogenated alkanes) is 2. The summed E-state index contributed by atoms with van der Waals surface area (Å²) in [6.45, 7) is 6.60. The van der Waals surface area contributed by atoms with Crippen molar-refractivity contribution in [2.45, 2.75) is 70.3 Å². The molecule has 4 nitrogen and oxygen atoms in total. The van der Waals surface area contributed by atoms with E-state index in [0.29, 0.717) is 24.0 Å². The quantitative estimate of drug-likeness (QED) is 0.0660. The lowest BCUT2D eigenvalue weighted by Gasteiger charge is -2.29. The van der Waals surface area contributed by atoms with E-state index in [2.05, 4.69) is 13.5 Å². The van der Waals surface area contributed by atoms with Crippen molar-refractivity contribution in [1.82, 2.24) is 0 Å². The summed E-state index contributed by atoms with van der Waals surface area (Å²) in [5.41, 5.74) is 0.812. The van der Waals surface area contributed by atoms with Crippen molar-refractivity contribution >= 4 is 5.97 Å². The first kappa shape index (κ1) is 31.3. The fourth-order valence-corrected chi connectivity index (χ4v) is 5.10. The number of rotatable bonds is 13. The average molecular weight is 585 g/mol. The lowest BCUT2D eigenvalue weighted by Crippen LogP contribution is -2.22. The van der Waals surface area contributed by atoms with Gasteiger partial charge in [-0.15, -0.1) is 6.58 Å². The van der Waals surface area contributed by atoms with E-state index in [1.165, 1.54) is 30.3 Å². The highest BCUT2D eigenvalue weighted by atomic mass is 19.2. The highest BCUT2D eigenvalue weighted by molar-refractivity contribution is 5.91. The van der Waals surface area contributed by atoms with E-state index in [4.69, 9.17) is 14.2 Å². The Morgan fingerprint density at radius 1 is 0.833 bits per heavy atom. The smallest absolute Gasteiger partial charge is 0.343 e. The molecule has 0 radical (unpaired) electrons. The molecule has 0 aromatic heterocycles. The summed E-state index contributed by atoms with van der Waals surface area (Å²) in [4.78, 5) is 12.6. The predicted molar refractivity (Wildman–Crippen MR) is 154 cm³/mol.